The minimum absolute atomic E-state index is 0.245. The van der Waals surface area contributed by atoms with Crippen LogP contribution in [0, 0.1) is 0 Å². The van der Waals surface area contributed by atoms with Gasteiger partial charge in [0, 0.05) is 0 Å². The molecule has 78 heavy (non-hydrogen) atoms. The summed E-state index contributed by atoms with van der Waals surface area (Å²) in [5.41, 5.74) is 0. The first-order valence-electron chi connectivity index (χ1n) is 33.0. The van der Waals surface area contributed by atoms with Crippen molar-refractivity contribution >= 4 is 5.91 Å². The van der Waals surface area contributed by atoms with Gasteiger partial charge in [-0.3, -0.25) is 4.79 Å². The Kier molecular flexibility index (Phi) is 52.8. The quantitative estimate of drug-likeness (QED) is 0.0215. The summed E-state index contributed by atoms with van der Waals surface area (Å²) in [6.07, 6.45) is 60.8. The van der Waals surface area contributed by atoms with Crippen molar-refractivity contribution in [3.63, 3.8) is 0 Å². The average molecular weight is 1100 g/mol. The maximum atomic E-state index is 13.2. The molecule has 1 aliphatic rings. The van der Waals surface area contributed by atoms with E-state index in [9.17, 15) is 40.5 Å². The Labute approximate surface area is 479 Å². The van der Waals surface area contributed by atoms with Crippen LogP contribution in [-0.2, 0) is 14.3 Å². The molecule has 9 atom stereocenters. The highest BCUT2D eigenvalue weighted by atomic mass is 16.7. The van der Waals surface area contributed by atoms with Crippen molar-refractivity contribution in [1.29, 1.82) is 0 Å². The fourth-order valence-corrected chi connectivity index (χ4v) is 10.5. The summed E-state index contributed by atoms with van der Waals surface area (Å²) >= 11 is 0. The van der Waals surface area contributed by atoms with Crippen molar-refractivity contribution in [3.8, 4) is 0 Å². The molecule has 0 saturated carbocycles. The van der Waals surface area contributed by atoms with Crippen molar-refractivity contribution in [1.82, 2.24) is 5.32 Å². The third kappa shape index (κ3) is 42.8. The van der Waals surface area contributed by atoms with Crippen LogP contribution < -0.4 is 5.32 Å². The van der Waals surface area contributed by atoms with E-state index in [2.05, 4.69) is 67.8 Å². The molecule has 1 aliphatic heterocycles. The van der Waals surface area contributed by atoms with E-state index in [1.807, 2.05) is 0 Å². The second-order valence-electron chi connectivity index (χ2n) is 23.2. The van der Waals surface area contributed by atoms with E-state index in [1.54, 1.807) is 0 Å². The molecule has 1 amide bonds. The number of nitrogens with one attached hydrogen (secondary N) is 1. The standard InChI is InChI=1S/C67H125NO10/c1-3-5-7-9-11-13-15-17-18-19-20-21-22-23-24-25-26-27-28-29-30-31-32-33-34-35-36-37-38-39-40-41-43-45-47-49-51-53-55-60(71)66(76)68-58(57-77-67-65(75)64(74)63(73)61(56-69)78-67)62(72)59(70)54-52-50-48-46-44-42-16-14-12-10-8-6-4-2/h14,16,26-27,29-30,46,48,58-65,67,69-75H,3-13,15,17-25,28,31-45,47,49-57H2,1-2H3,(H,68,76)/b16-14+,27-26-,30-29-,48-46+. The summed E-state index contributed by atoms with van der Waals surface area (Å²) < 4.78 is 11.1. The maximum Gasteiger partial charge on any atom is 0.249 e. The molecule has 1 saturated heterocycles. The number of carbonyl (C=O) groups excluding carboxylic acids is 1. The Hall–Kier alpha value is -1.93. The first kappa shape index (κ1) is 74.1. The zero-order valence-corrected chi connectivity index (χ0v) is 50.4. The topological polar surface area (TPSA) is 189 Å². The smallest absolute Gasteiger partial charge is 0.249 e. The molecule has 0 aromatic heterocycles. The van der Waals surface area contributed by atoms with Crippen LogP contribution in [0.2, 0.25) is 0 Å². The molecular weight excluding hydrogens is 979 g/mol. The van der Waals surface area contributed by atoms with E-state index in [0.29, 0.717) is 19.3 Å². The largest absolute Gasteiger partial charge is 0.394 e. The molecule has 0 bridgehead atoms. The van der Waals surface area contributed by atoms with Gasteiger partial charge in [-0.15, -0.1) is 0 Å². The molecule has 11 heteroatoms. The number of amides is 1. The Balaban J connectivity index is 2.13. The predicted molar refractivity (Wildman–Crippen MR) is 325 cm³/mol. The number of rotatable bonds is 57. The van der Waals surface area contributed by atoms with Gasteiger partial charge in [-0.25, -0.2) is 0 Å². The highest BCUT2D eigenvalue weighted by Gasteiger charge is 2.44. The monoisotopic (exact) mass is 1100 g/mol. The Morgan fingerprint density at radius 2 is 0.808 bits per heavy atom. The number of hydrogen-bond acceptors (Lipinski definition) is 10. The van der Waals surface area contributed by atoms with E-state index in [-0.39, 0.29) is 12.8 Å². The molecular formula is C67H125NO10. The average Bonchev–Trinajstić information content (AvgIpc) is 3.45. The minimum Gasteiger partial charge on any atom is -0.394 e. The number of carbonyl (C=O) groups is 1. The van der Waals surface area contributed by atoms with E-state index in [1.165, 1.54) is 212 Å². The van der Waals surface area contributed by atoms with Gasteiger partial charge >= 0.3 is 0 Å². The Morgan fingerprint density at radius 1 is 0.449 bits per heavy atom. The zero-order chi connectivity index (χ0) is 56.8. The zero-order valence-electron chi connectivity index (χ0n) is 50.4. The number of aliphatic hydroxyl groups is 7. The molecule has 0 radical (unpaired) electrons. The third-order valence-corrected chi connectivity index (χ3v) is 15.8. The van der Waals surface area contributed by atoms with Crippen LogP contribution in [0.15, 0.2) is 48.6 Å². The van der Waals surface area contributed by atoms with Gasteiger partial charge in [0.05, 0.1) is 25.4 Å². The minimum atomic E-state index is -1.67. The molecule has 1 fully saturated rings. The van der Waals surface area contributed by atoms with Gasteiger partial charge in [0.25, 0.3) is 0 Å². The number of hydrogen-bond donors (Lipinski definition) is 8. The van der Waals surface area contributed by atoms with Crippen LogP contribution in [-0.4, -0.2) is 110 Å². The van der Waals surface area contributed by atoms with Gasteiger partial charge in [0.15, 0.2) is 6.29 Å². The molecule has 9 unspecified atom stereocenters. The molecule has 458 valence electrons. The Morgan fingerprint density at radius 3 is 1.23 bits per heavy atom. The molecule has 11 nitrogen and oxygen atoms in total. The van der Waals surface area contributed by atoms with Crippen molar-refractivity contribution in [2.75, 3.05) is 13.2 Å². The highest BCUT2D eigenvalue weighted by molar-refractivity contribution is 5.80. The molecule has 8 N–H and O–H groups in total. The van der Waals surface area contributed by atoms with Crippen molar-refractivity contribution in [2.45, 2.75) is 358 Å². The van der Waals surface area contributed by atoms with E-state index >= 15 is 0 Å². The van der Waals surface area contributed by atoms with Crippen LogP contribution in [0.25, 0.3) is 0 Å². The molecule has 1 rings (SSSR count). The normalized spacial score (nSPS) is 19.7. The number of ether oxygens (including phenoxy) is 2. The third-order valence-electron chi connectivity index (χ3n) is 15.8. The summed E-state index contributed by atoms with van der Waals surface area (Å²) in [6, 6.07) is -1.19. The number of aliphatic hydroxyl groups excluding tert-OH is 7. The maximum absolute atomic E-state index is 13.2. The second-order valence-corrected chi connectivity index (χ2v) is 23.2. The van der Waals surface area contributed by atoms with Crippen LogP contribution in [0.5, 0.6) is 0 Å². The van der Waals surface area contributed by atoms with Gasteiger partial charge < -0.3 is 50.5 Å². The number of allylic oxidation sites excluding steroid dienone is 8. The summed E-state index contributed by atoms with van der Waals surface area (Å²) in [5.74, 6) is -0.709. The van der Waals surface area contributed by atoms with Gasteiger partial charge in [-0.05, 0) is 83.5 Å². The van der Waals surface area contributed by atoms with Crippen molar-refractivity contribution in [2.24, 2.45) is 0 Å². The molecule has 0 spiro atoms. The lowest BCUT2D eigenvalue weighted by Gasteiger charge is -2.40. The lowest BCUT2D eigenvalue weighted by molar-refractivity contribution is -0.303. The summed E-state index contributed by atoms with van der Waals surface area (Å²) in [7, 11) is 0. The van der Waals surface area contributed by atoms with E-state index in [4.69, 9.17) is 9.47 Å². The SMILES string of the molecule is CCCCCC/C=C/CC/C=C/CCCC(O)C(O)C(COC1OC(CO)C(O)C(O)C1O)NC(=O)C(O)CCCCCCCCCCCCCCCCCC/C=C\C/C=C\CCCCCCCCCCCCCCCCC. The molecule has 1 heterocycles. The first-order chi connectivity index (χ1) is 38.2. The van der Waals surface area contributed by atoms with Gasteiger partial charge in [-0.2, -0.15) is 0 Å². The Bertz CT molecular complexity index is 1410. The van der Waals surface area contributed by atoms with Crippen LogP contribution in [0.3, 0.4) is 0 Å². The van der Waals surface area contributed by atoms with E-state index in [0.717, 1.165) is 44.9 Å². The van der Waals surface area contributed by atoms with Gasteiger partial charge in [0.1, 0.15) is 36.6 Å². The summed E-state index contributed by atoms with van der Waals surface area (Å²) in [4.78, 5) is 13.2. The second kappa shape index (κ2) is 55.6. The number of unbranched alkanes of at least 4 members (excludes halogenated alkanes) is 37. The van der Waals surface area contributed by atoms with E-state index < -0.39 is 74.2 Å². The summed E-state index contributed by atoms with van der Waals surface area (Å²) in [6.45, 7) is 3.43. The van der Waals surface area contributed by atoms with Crippen molar-refractivity contribution < 1.29 is 50.0 Å². The fraction of sp³-hybridized carbons (Fsp3) is 0.866. The van der Waals surface area contributed by atoms with Crippen LogP contribution in [0.4, 0.5) is 0 Å². The highest BCUT2D eigenvalue weighted by Crippen LogP contribution is 2.24. The molecule has 0 aromatic rings. The first-order valence-corrected chi connectivity index (χ1v) is 33.0. The van der Waals surface area contributed by atoms with Gasteiger partial charge in [-0.1, -0.05) is 268 Å². The lowest BCUT2D eigenvalue weighted by atomic mass is 9.98. The summed E-state index contributed by atoms with van der Waals surface area (Å²) in [5, 5.41) is 76.1. The predicted octanol–water partition coefficient (Wildman–Crippen LogP) is 15.2. The van der Waals surface area contributed by atoms with Gasteiger partial charge in [0.2, 0.25) is 5.91 Å². The lowest BCUT2D eigenvalue weighted by Crippen LogP contribution is -2.60. The molecule has 0 aromatic carbocycles. The fourth-order valence-electron chi connectivity index (χ4n) is 10.5. The van der Waals surface area contributed by atoms with Crippen molar-refractivity contribution in [3.05, 3.63) is 48.6 Å². The van der Waals surface area contributed by atoms with Crippen LogP contribution >= 0.6 is 0 Å². The molecule has 0 aliphatic carbocycles. The van der Waals surface area contributed by atoms with Crippen LogP contribution in [0.1, 0.15) is 303 Å².